The van der Waals surface area contributed by atoms with E-state index in [1.807, 2.05) is 6.92 Å². The van der Waals surface area contributed by atoms with Crippen LogP contribution < -0.4 is 5.32 Å². The predicted octanol–water partition coefficient (Wildman–Crippen LogP) is 0.427. The Morgan fingerprint density at radius 1 is 1.90 bits per heavy atom. The Bertz CT molecular complexity index is 163. The first kappa shape index (κ1) is 7.12. The van der Waals surface area contributed by atoms with Crippen LogP contribution in [-0.4, -0.2) is 19.1 Å². The molecule has 3 nitrogen and oxygen atoms in total. The first-order valence-electron chi connectivity index (χ1n) is 3.43. The van der Waals surface area contributed by atoms with E-state index in [1.54, 1.807) is 0 Å². The molecule has 0 atom stereocenters. The van der Waals surface area contributed by atoms with Crippen LogP contribution in [-0.2, 0) is 9.53 Å². The van der Waals surface area contributed by atoms with E-state index in [0.29, 0.717) is 13.2 Å². The Kier molecular flexibility index (Phi) is 2.31. The number of nitrogens with one attached hydrogen (secondary N) is 1. The van der Waals surface area contributed by atoms with E-state index in [-0.39, 0.29) is 5.91 Å². The van der Waals surface area contributed by atoms with Gasteiger partial charge in [-0.2, -0.15) is 0 Å². The minimum absolute atomic E-state index is 0.000000000000000444. The SMILES string of the molecule is CCNC(=O)C1=COCC1. The second kappa shape index (κ2) is 3.25. The van der Waals surface area contributed by atoms with Gasteiger partial charge in [0.1, 0.15) is 0 Å². The summed E-state index contributed by atoms with van der Waals surface area (Å²) in [5.74, 6) is 0.000000000000000444. The minimum Gasteiger partial charge on any atom is -0.500 e. The summed E-state index contributed by atoms with van der Waals surface area (Å²) in [7, 11) is 0. The predicted molar refractivity (Wildman–Crippen MR) is 37.3 cm³/mol. The summed E-state index contributed by atoms with van der Waals surface area (Å²) in [5, 5.41) is 2.70. The summed E-state index contributed by atoms with van der Waals surface area (Å²) in [5.41, 5.74) is 0.752. The third kappa shape index (κ3) is 1.50. The highest BCUT2D eigenvalue weighted by Gasteiger charge is 2.12. The minimum atomic E-state index is 0.000000000000000444. The summed E-state index contributed by atoms with van der Waals surface area (Å²) in [6, 6.07) is 0. The van der Waals surface area contributed by atoms with Crippen LogP contribution in [0.2, 0.25) is 0 Å². The molecule has 0 radical (unpaired) electrons. The third-order valence-corrected chi connectivity index (χ3v) is 1.34. The molecule has 0 aromatic rings. The van der Waals surface area contributed by atoms with Crippen molar-refractivity contribution in [3.63, 3.8) is 0 Å². The van der Waals surface area contributed by atoms with Gasteiger partial charge in [0.25, 0.3) is 0 Å². The number of rotatable bonds is 2. The average molecular weight is 141 g/mol. The molecule has 1 rings (SSSR count). The maximum atomic E-state index is 11.0. The van der Waals surface area contributed by atoms with Crippen molar-refractivity contribution in [1.29, 1.82) is 0 Å². The molecule has 1 aliphatic heterocycles. The molecule has 0 aromatic heterocycles. The highest BCUT2D eigenvalue weighted by Crippen LogP contribution is 2.09. The normalized spacial score (nSPS) is 15.9. The van der Waals surface area contributed by atoms with E-state index < -0.39 is 0 Å². The second-order valence-corrected chi connectivity index (χ2v) is 2.12. The van der Waals surface area contributed by atoms with Crippen LogP contribution in [0.1, 0.15) is 13.3 Å². The molecule has 1 aliphatic rings. The van der Waals surface area contributed by atoms with Crippen molar-refractivity contribution in [2.24, 2.45) is 0 Å². The lowest BCUT2D eigenvalue weighted by Gasteiger charge is -1.98. The molecule has 0 aromatic carbocycles. The fraction of sp³-hybridized carbons (Fsp3) is 0.571. The first-order valence-corrected chi connectivity index (χ1v) is 3.43. The highest BCUT2D eigenvalue weighted by molar-refractivity contribution is 5.93. The molecule has 10 heavy (non-hydrogen) atoms. The van der Waals surface area contributed by atoms with Gasteiger partial charge >= 0.3 is 0 Å². The van der Waals surface area contributed by atoms with Crippen molar-refractivity contribution in [2.45, 2.75) is 13.3 Å². The van der Waals surface area contributed by atoms with Crippen molar-refractivity contribution in [3.8, 4) is 0 Å². The van der Waals surface area contributed by atoms with Crippen molar-refractivity contribution in [3.05, 3.63) is 11.8 Å². The Morgan fingerprint density at radius 3 is 3.20 bits per heavy atom. The topological polar surface area (TPSA) is 38.3 Å². The Balaban J connectivity index is 2.40. The van der Waals surface area contributed by atoms with Gasteiger partial charge in [0.2, 0.25) is 5.91 Å². The van der Waals surface area contributed by atoms with Crippen molar-refractivity contribution >= 4 is 5.91 Å². The van der Waals surface area contributed by atoms with Crippen molar-refractivity contribution in [1.82, 2.24) is 5.32 Å². The lowest BCUT2D eigenvalue weighted by molar-refractivity contribution is -0.117. The van der Waals surface area contributed by atoms with Crippen molar-refractivity contribution in [2.75, 3.05) is 13.2 Å². The zero-order valence-electron chi connectivity index (χ0n) is 6.02. The quantitative estimate of drug-likeness (QED) is 0.605. The molecule has 0 saturated heterocycles. The Morgan fingerprint density at radius 2 is 2.70 bits per heavy atom. The molecule has 1 heterocycles. The van der Waals surface area contributed by atoms with Crippen LogP contribution in [0.5, 0.6) is 0 Å². The zero-order valence-corrected chi connectivity index (χ0v) is 6.02. The molecule has 56 valence electrons. The van der Waals surface area contributed by atoms with Crippen LogP contribution in [0, 0.1) is 0 Å². The molecule has 0 unspecified atom stereocenters. The van der Waals surface area contributed by atoms with Gasteiger partial charge in [-0.25, -0.2) is 0 Å². The van der Waals surface area contributed by atoms with Gasteiger partial charge in [-0.05, 0) is 6.92 Å². The number of hydrogen-bond acceptors (Lipinski definition) is 2. The second-order valence-electron chi connectivity index (χ2n) is 2.12. The molecule has 0 bridgehead atoms. The van der Waals surface area contributed by atoms with Gasteiger partial charge in [-0.1, -0.05) is 0 Å². The standard InChI is InChI=1S/C7H11NO2/c1-2-8-7(9)6-3-4-10-5-6/h5H,2-4H2,1H3,(H,8,9). The number of hydrogen-bond donors (Lipinski definition) is 1. The third-order valence-electron chi connectivity index (χ3n) is 1.34. The molecule has 1 N–H and O–H groups in total. The highest BCUT2D eigenvalue weighted by atomic mass is 16.5. The van der Waals surface area contributed by atoms with E-state index in [2.05, 4.69) is 5.32 Å². The molecular weight excluding hydrogens is 130 g/mol. The van der Waals surface area contributed by atoms with E-state index in [4.69, 9.17) is 4.74 Å². The van der Waals surface area contributed by atoms with Crippen LogP contribution in [0.4, 0.5) is 0 Å². The maximum absolute atomic E-state index is 11.0. The number of carbonyl (C=O) groups is 1. The summed E-state index contributed by atoms with van der Waals surface area (Å²) >= 11 is 0. The molecule has 0 saturated carbocycles. The molecule has 0 fully saturated rings. The monoisotopic (exact) mass is 141 g/mol. The van der Waals surface area contributed by atoms with Gasteiger partial charge in [-0.3, -0.25) is 4.79 Å². The lowest BCUT2D eigenvalue weighted by Crippen LogP contribution is -2.23. The van der Waals surface area contributed by atoms with E-state index in [9.17, 15) is 4.79 Å². The van der Waals surface area contributed by atoms with E-state index >= 15 is 0 Å². The van der Waals surface area contributed by atoms with Crippen LogP contribution >= 0.6 is 0 Å². The molecular formula is C7H11NO2. The smallest absolute Gasteiger partial charge is 0.250 e. The van der Waals surface area contributed by atoms with Gasteiger partial charge < -0.3 is 10.1 Å². The summed E-state index contributed by atoms with van der Waals surface area (Å²) < 4.78 is 4.90. The van der Waals surface area contributed by atoms with Gasteiger partial charge in [0.15, 0.2) is 0 Å². The maximum Gasteiger partial charge on any atom is 0.250 e. The van der Waals surface area contributed by atoms with Gasteiger partial charge in [-0.15, -0.1) is 0 Å². The van der Waals surface area contributed by atoms with Crippen LogP contribution in [0.15, 0.2) is 11.8 Å². The summed E-state index contributed by atoms with van der Waals surface area (Å²) in [6.07, 6.45) is 2.27. The molecule has 3 heteroatoms. The van der Waals surface area contributed by atoms with E-state index in [0.717, 1.165) is 12.0 Å². The number of likely N-dealkylation sites (N-methyl/N-ethyl adjacent to an activating group) is 1. The zero-order chi connectivity index (χ0) is 7.40. The van der Waals surface area contributed by atoms with Gasteiger partial charge in [0.05, 0.1) is 18.4 Å². The summed E-state index contributed by atoms with van der Waals surface area (Å²) in [4.78, 5) is 11.0. The molecule has 1 amide bonds. The van der Waals surface area contributed by atoms with Crippen LogP contribution in [0.3, 0.4) is 0 Å². The van der Waals surface area contributed by atoms with Gasteiger partial charge in [0, 0.05) is 13.0 Å². The lowest BCUT2D eigenvalue weighted by atomic mass is 10.2. The number of ether oxygens (including phenoxy) is 1. The Hall–Kier alpha value is -0.990. The number of carbonyl (C=O) groups excluding carboxylic acids is 1. The molecule has 0 aliphatic carbocycles. The fourth-order valence-electron chi connectivity index (χ4n) is 0.828. The Labute approximate surface area is 60.1 Å². The largest absolute Gasteiger partial charge is 0.500 e. The first-order chi connectivity index (χ1) is 4.84. The van der Waals surface area contributed by atoms with Crippen molar-refractivity contribution < 1.29 is 9.53 Å². The fourth-order valence-corrected chi connectivity index (χ4v) is 0.828. The van der Waals surface area contributed by atoms with Crippen LogP contribution in [0.25, 0.3) is 0 Å². The molecule has 0 spiro atoms. The average Bonchev–Trinajstić information content (AvgIpc) is 2.38. The van der Waals surface area contributed by atoms with E-state index in [1.165, 1.54) is 6.26 Å². The summed E-state index contributed by atoms with van der Waals surface area (Å²) in [6.45, 7) is 3.22. The number of amides is 1.